The number of aryl methyl sites for hydroxylation is 1. The van der Waals surface area contributed by atoms with Crippen molar-refractivity contribution in [2.24, 2.45) is 7.05 Å². The molecule has 1 aliphatic rings. The van der Waals surface area contributed by atoms with Crippen LogP contribution in [-0.4, -0.2) is 48.9 Å². The lowest BCUT2D eigenvalue weighted by atomic mass is 10.2. The van der Waals surface area contributed by atoms with E-state index in [2.05, 4.69) is 31.0 Å². The Kier molecular flexibility index (Phi) is 6.88. The summed E-state index contributed by atoms with van der Waals surface area (Å²) in [6, 6.07) is 9.55. The first kappa shape index (κ1) is 22.4. The molecule has 1 aliphatic heterocycles. The van der Waals surface area contributed by atoms with Crippen LogP contribution in [0.25, 0.3) is 0 Å². The van der Waals surface area contributed by atoms with Gasteiger partial charge in [-0.3, -0.25) is 4.79 Å². The number of benzene rings is 1. The minimum absolute atomic E-state index is 0.169. The summed E-state index contributed by atoms with van der Waals surface area (Å²) in [6.45, 7) is 8.38. The van der Waals surface area contributed by atoms with Gasteiger partial charge >= 0.3 is 0 Å². The van der Waals surface area contributed by atoms with Crippen LogP contribution in [0.15, 0.2) is 41.4 Å². The van der Waals surface area contributed by atoms with Crippen LogP contribution >= 0.6 is 0 Å². The Hall–Kier alpha value is -2.32. The van der Waals surface area contributed by atoms with Crippen LogP contribution in [-0.2, 0) is 17.1 Å². The highest BCUT2D eigenvalue weighted by Gasteiger charge is 2.28. The number of amides is 1. The Morgan fingerprint density at radius 1 is 1.13 bits per heavy atom. The quantitative estimate of drug-likeness (QED) is 0.724. The number of piperidine rings is 1. The SMILES string of the molecule is CCN(c1ccc(NC(=O)c2cc(S(=O)(=O)N3CCCCC3)cn2C)cc1)C(C)C. The van der Waals surface area contributed by atoms with Gasteiger partial charge < -0.3 is 14.8 Å². The zero-order valence-electron chi connectivity index (χ0n) is 18.3. The maximum Gasteiger partial charge on any atom is 0.272 e. The van der Waals surface area contributed by atoms with Crippen molar-refractivity contribution in [1.82, 2.24) is 8.87 Å². The van der Waals surface area contributed by atoms with Crippen LogP contribution in [0.3, 0.4) is 0 Å². The van der Waals surface area contributed by atoms with Crippen molar-refractivity contribution in [1.29, 1.82) is 0 Å². The fourth-order valence-corrected chi connectivity index (χ4v) is 5.52. The second-order valence-corrected chi connectivity index (χ2v) is 9.96. The lowest BCUT2D eigenvalue weighted by Gasteiger charge is -2.27. The maximum atomic E-state index is 12.9. The predicted molar refractivity (Wildman–Crippen MR) is 121 cm³/mol. The first-order valence-electron chi connectivity index (χ1n) is 10.6. The van der Waals surface area contributed by atoms with E-state index in [9.17, 15) is 13.2 Å². The lowest BCUT2D eigenvalue weighted by Crippen LogP contribution is -2.35. The Balaban J connectivity index is 1.75. The average molecular weight is 433 g/mol. The van der Waals surface area contributed by atoms with Crippen molar-refractivity contribution in [3.05, 3.63) is 42.2 Å². The van der Waals surface area contributed by atoms with E-state index in [1.54, 1.807) is 11.6 Å². The fourth-order valence-electron chi connectivity index (χ4n) is 3.93. The second kappa shape index (κ2) is 9.22. The Morgan fingerprint density at radius 2 is 1.77 bits per heavy atom. The maximum absolute atomic E-state index is 12.9. The van der Waals surface area contributed by atoms with Crippen molar-refractivity contribution < 1.29 is 13.2 Å². The van der Waals surface area contributed by atoms with Gasteiger partial charge in [-0.2, -0.15) is 4.31 Å². The summed E-state index contributed by atoms with van der Waals surface area (Å²) in [5.41, 5.74) is 2.08. The molecule has 0 aliphatic carbocycles. The number of carbonyl (C=O) groups is 1. The standard InChI is InChI=1S/C22H32N4O3S/c1-5-26(17(2)3)19-11-9-18(10-12-19)23-22(27)21-15-20(16-24(21)4)30(28,29)25-13-7-6-8-14-25/h9-12,15-17H,5-8,13-14H2,1-4H3,(H,23,27). The van der Waals surface area contributed by atoms with Crippen LogP contribution in [0.1, 0.15) is 50.5 Å². The minimum atomic E-state index is -3.57. The third-order valence-corrected chi connectivity index (χ3v) is 7.45. The minimum Gasteiger partial charge on any atom is -0.369 e. The number of rotatable bonds is 7. The molecule has 2 aromatic rings. The van der Waals surface area contributed by atoms with Gasteiger partial charge in [0.1, 0.15) is 10.6 Å². The summed E-state index contributed by atoms with van der Waals surface area (Å²) >= 11 is 0. The molecule has 1 saturated heterocycles. The summed E-state index contributed by atoms with van der Waals surface area (Å²) < 4.78 is 28.9. The van der Waals surface area contributed by atoms with Crippen molar-refractivity contribution in [3.63, 3.8) is 0 Å². The number of nitrogens with one attached hydrogen (secondary N) is 1. The van der Waals surface area contributed by atoms with Crippen LogP contribution in [0, 0.1) is 0 Å². The normalized spacial score (nSPS) is 15.4. The van der Waals surface area contributed by atoms with Gasteiger partial charge in [-0.25, -0.2) is 8.42 Å². The lowest BCUT2D eigenvalue weighted by molar-refractivity contribution is 0.101. The molecular formula is C22H32N4O3S. The molecule has 1 aromatic carbocycles. The van der Waals surface area contributed by atoms with E-state index in [0.717, 1.165) is 31.5 Å². The van der Waals surface area contributed by atoms with Gasteiger partial charge in [0.05, 0.1) is 0 Å². The average Bonchev–Trinajstić information content (AvgIpc) is 3.13. The Bertz CT molecular complexity index is 974. The Morgan fingerprint density at radius 3 is 2.33 bits per heavy atom. The van der Waals surface area contributed by atoms with Crippen molar-refractivity contribution in [3.8, 4) is 0 Å². The highest BCUT2D eigenvalue weighted by molar-refractivity contribution is 7.89. The largest absolute Gasteiger partial charge is 0.369 e. The van der Waals surface area contributed by atoms with E-state index in [4.69, 9.17) is 0 Å². The number of aromatic nitrogens is 1. The Labute approximate surface area is 179 Å². The molecule has 0 spiro atoms. The van der Waals surface area contributed by atoms with E-state index < -0.39 is 10.0 Å². The molecule has 8 heteroatoms. The molecule has 3 rings (SSSR count). The molecule has 0 unspecified atom stereocenters. The number of carbonyl (C=O) groups excluding carboxylic acids is 1. The third kappa shape index (κ3) is 4.70. The topological polar surface area (TPSA) is 74.7 Å². The van der Waals surface area contributed by atoms with Crippen LogP contribution < -0.4 is 10.2 Å². The molecule has 1 aromatic heterocycles. The van der Waals surface area contributed by atoms with Gasteiger partial charge in [-0.05, 0) is 63.9 Å². The van der Waals surface area contributed by atoms with Crippen molar-refractivity contribution >= 4 is 27.3 Å². The van der Waals surface area contributed by atoms with Crippen LogP contribution in [0.4, 0.5) is 11.4 Å². The number of nitrogens with zero attached hydrogens (tertiary/aromatic N) is 3. The van der Waals surface area contributed by atoms with Gasteiger partial charge in [0, 0.05) is 50.3 Å². The van der Waals surface area contributed by atoms with E-state index >= 15 is 0 Å². The number of anilines is 2. The van der Waals surface area contributed by atoms with E-state index in [0.29, 0.717) is 30.5 Å². The van der Waals surface area contributed by atoms with Gasteiger partial charge in [0.2, 0.25) is 10.0 Å². The van der Waals surface area contributed by atoms with E-state index in [1.807, 2.05) is 24.3 Å². The van der Waals surface area contributed by atoms with Gasteiger partial charge in [-0.1, -0.05) is 6.42 Å². The summed E-state index contributed by atoms with van der Waals surface area (Å²) in [5, 5.41) is 2.87. The molecular weight excluding hydrogens is 400 g/mol. The van der Waals surface area contributed by atoms with Crippen molar-refractivity contribution in [2.75, 3.05) is 29.9 Å². The molecule has 2 heterocycles. The van der Waals surface area contributed by atoms with E-state index in [1.165, 1.54) is 16.6 Å². The van der Waals surface area contributed by atoms with Crippen LogP contribution in [0.2, 0.25) is 0 Å². The molecule has 7 nitrogen and oxygen atoms in total. The van der Waals surface area contributed by atoms with E-state index in [-0.39, 0.29) is 10.8 Å². The number of hydrogen-bond donors (Lipinski definition) is 1. The molecule has 1 amide bonds. The molecule has 1 N–H and O–H groups in total. The predicted octanol–water partition coefficient (Wildman–Crippen LogP) is 3.69. The summed E-state index contributed by atoms with van der Waals surface area (Å²) in [7, 11) is -1.88. The molecule has 0 atom stereocenters. The fraction of sp³-hybridized carbons (Fsp3) is 0.500. The first-order valence-corrected chi connectivity index (χ1v) is 12.0. The monoisotopic (exact) mass is 432 g/mol. The molecule has 0 saturated carbocycles. The number of sulfonamides is 1. The highest BCUT2D eigenvalue weighted by atomic mass is 32.2. The molecule has 0 radical (unpaired) electrons. The third-order valence-electron chi connectivity index (χ3n) is 5.59. The molecule has 1 fully saturated rings. The summed E-state index contributed by atoms with van der Waals surface area (Å²) in [5.74, 6) is -0.332. The van der Waals surface area contributed by atoms with Crippen LogP contribution in [0.5, 0.6) is 0 Å². The first-order chi connectivity index (χ1) is 14.2. The zero-order valence-corrected chi connectivity index (χ0v) is 19.1. The van der Waals surface area contributed by atoms with Gasteiger partial charge in [-0.15, -0.1) is 0 Å². The number of hydrogen-bond acceptors (Lipinski definition) is 4. The smallest absolute Gasteiger partial charge is 0.272 e. The molecule has 0 bridgehead atoms. The molecule has 30 heavy (non-hydrogen) atoms. The summed E-state index contributed by atoms with van der Waals surface area (Å²) in [6.07, 6.45) is 4.33. The highest BCUT2D eigenvalue weighted by Crippen LogP contribution is 2.24. The second-order valence-electron chi connectivity index (χ2n) is 8.02. The zero-order chi connectivity index (χ0) is 21.9. The van der Waals surface area contributed by atoms with Gasteiger partial charge in [0.25, 0.3) is 5.91 Å². The van der Waals surface area contributed by atoms with Crippen molar-refractivity contribution in [2.45, 2.75) is 51.0 Å². The molecule has 164 valence electrons. The summed E-state index contributed by atoms with van der Waals surface area (Å²) in [4.78, 5) is 15.2. The van der Waals surface area contributed by atoms with Gasteiger partial charge in [0.15, 0.2) is 0 Å².